The number of amides is 1. The van der Waals surface area contributed by atoms with E-state index in [0.717, 1.165) is 14.7 Å². The van der Waals surface area contributed by atoms with Crippen LogP contribution in [-0.2, 0) is 6.61 Å². The van der Waals surface area contributed by atoms with Crippen LogP contribution in [0.2, 0.25) is 5.02 Å². The van der Waals surface area contributed by atoms with Crippen molar-refractivity contribution in [2.45, 2.75) is 13.5 Å². The third-order valence-electron chi connectivity index (χ3n) is 4.22. The first kappa shape index (κ1) is 22.1. The van der Waals surface area contributed by atoms with Crippen molar-refractivity contribution in [2.75, 3.05) is 7.11 Å². The van der Waals surface area contributed by atoms with Crippen LogP contribution >= 0.6 is 34.2 Å². The molecule has 154 valence electrons. The summed E-state index contributed by atoms with van der Waals surface area (Å²) >= 11 is 8.10. The molecule has 0 spiro atoms. The topological polar surface area (TPSA) is 59.9 Å². The monoisotopic (exact) mass is 534 g/mol. The molecule has 0 atom stereocenters. The molecule has 0 unspecified atom stereocenters. The van der Waals surface area contributed by atoms with Crippen molar-refractivity contribution >= 4 is 46.3 Å². The molecule has 7 heteroatoms. The van der Waals surface area contributed by atoms with Crippen LogP contribution in [-0.4, -0.2) is 19.2 Å². The standard InChI is InChI=1S/C23H20ClIN2O3/c1-15-6-8-16(9-7-15)14-30-22-20(25)10-17(11-21(22)29-2)13-26-27-23(28)18-4-3-5-19(24)12-18/h3-13H,14H2,1-2H3,(H,27,28)/b26-13-. The largest absolute Gasteiger partial charge is 0.493 e. The van der Waals surface area contributed by atoms with Crippen molar-refractivity contribution in [1.82, 2.24) is 5.43 Å². The van der Waals surface area contributed by atoms with Gasteiger partial charge in [-0.3, -0.25) is 4.79 Å². The lowest BCUT2D eigenvalue weighted by molar-refractivity contribution is 0.0955. The fourth-order valence-electron chi connectivity index (χ4n) is 2.65. The molecule has 5 nitrogen and oxygen atoms in total. The number of benzene rings is 3. The molecule has 1 N–H and O–H groups in total. The number of hydrogen-bond donors (Lipinski definition) is 1. The number of nitrogens with zero attached hydrogens (tertiary/aromatic N) is 1. The summed E-state index contributed by atoms with van der Waals surface area (Å²) in [7, 11) is 1.59. The molecule has 0 bridgehead atoms. The number of methoxy groups -OCH3 is 1. The van der Waals surface area contributed by atoms with E-state index in [1.54, 1.807) is 37.6 Å². The number of carbonyl (C=O) groups excluding carboxylic acids is 1. The molecule has 0 saturated heterocycles. The first-order valence-corrected chi connectivity index (χ1v) is 10.6. The third kappa shape index (κ3) is 5.96. The lowest BCUT2D eigenvalue weighted by atomic mass is 10.2. The van der Waals surface area contributed by atoms with Crippen molar-refractivity contribution in [3.8, 4) is 11.5 Å². The summed E-state index contributed by atoms with van der Waals surface area (Å²) < 4.78 is 12.4. The van der Waals surface area contributed by atoms with Gasteiger partial charge in [0.05, 0.1) is 16.9 Å². The van der Waals surface area contributed by atoms with Crippen molar-refractivity contribution in [2.24, 2.45) is 5.10 Å². The van der Waals surface area contributed by atoms with E-state index in [0.29, 0.717) is 28.7 Å². The number of halogens is 2. The number of carbonyl (C=O) groups is 1. The van der Waals surface area contributed by atoms with E-state index in [4.69, 9.17) is 21.1 Å². The average molecular weight is 535 g/mol. The number of hydrogen-bond acceptors (Lipinski definition) is 4. The second-order valence-corrected chi connectivity index (χ2v) is 8.12. The molecule has 3 aromatic rings. The Morgan fingerprint density at radius 1 is 1.17 bits per heavy atom. The van der Waals surface area contributed by atoms with Gasteiger partial charge in [0, 0.05) is 10.6 Å². The lowest BCUT2D eigenvalue weighted by Gasteiger charge is -2.13. The van der Waals surface area contributed by atoms with Crippen LogP contribution < -0.4 is 14.9 Å². The van der Waals surface area contributed by atoms with Gasteiger partial charge in [0.1, 0.15) is 6.61 Å². The number of hydrazone groups is 1. The minimum atomic E-state index is -0.339. The van der Waals surface area contributed by atoms with Crippen LogP contribution in [0, 0.1) is 10.5 Å². The molecule has 30 heavy (non-hydrogen) atoms. The van der Waals surface area contributed by atoms with Gasteiger partial charge in [-0.25, -0.2) is 5.43 Å². The van der Waals surface area contributed by atoms with E-state index in [9.17, 15) is 4.79 Å². The Morgan fingerprint density at radius 2 is 1.93 bits per heavy atom. The highest BCUT2D eigenvalue weighted by molar-refractivity contribution is 14.1. The van der Waals surface area contributed by atoms with Crippen molar-refractivity contribution in [3.63, 3.8) is 0 Å². The fraction of sp³-hybridized carbons (Fsp3) is 0.130. The molecular formula is C23H20ClIN2O3. The molecule has 0 radical (unpaired) electrons. The molecule has 0 aromatic heterocycles. The van der Waals surface area contributed by atoms with Gasteiger partial charge in [-0.15, -0.1) is 0 Å². The van der Waals surface area contributed by atoms with E-state index in [1.807, 2.05) is 31.2 Å². The molecule has 1 amide bonds. The van der Waals surface area contributed by atoms with Crippen LogP contribution in [0.15, 0.2) is 65.8 Å². The van der Waals surface area contributed by atoms with Gasteiger partial charge in [-0.2, -0.15) is 5.10 Å². The SMILES string of the molecule is COc1cc(/C=N\NC(=O)c2cccc(Cl)c2)cc(I)c1OCc1ccc(C)cc1. The zero-order chi connectivity index (χ0) is 21.5. The zero-order valence-electron chi connectivity index (χ0n) is 16.5. The van der Waals surface area contributed by atoms with Crippen LogP contribution in [0.5, 0.6) is 11.5 Å². The molecule has 3 aromatic carbocycles. The molecule has 0 aliphatic carbocycles. The number of rotatable bonds is 7. The Hall–Kier alpha value is -2.58. The minimum absolute atomic E-state index is 0.339. The lowest BCUT2D eigenvalue weighted by Crippen LogP contribution is -2.17. The van der Waals surface area contributed by atoms with Crippen LogP contribution in [0.1, 0.15) is 27.0 Å². The normalized spacial score (nSPS) is 10.8. The van der Waals surface area contributed by atoms with Crippen LogP contribution in [0.25, 0.3) is 0 Å². The average Bonchev–Trinajstić information content (AvgIpc) is 2.73. The van der Waals surface area contributed by atoms with E-state index >= 15 is 0 Å². The van der Waals surface area contributed by atoms with Gasteiger partial charge in [-0.05, 0) is 71.0 Å². The highest BCUT2D eigenvalue weighted by atomic mass is 127. The maximum absolute atomic E-state index is 12.1. The fourth-order valence-corrected chi connectivity index (χ4v) is 3.63. The first-order valence-electron chi connectivity index (χ1n) is 9.11. The molecule has 0 aliphatic heterocycles. The summed E-state index contributed by atoms with van der Waals surface area (Å²) in [6, 6.07) is 18.6. The van der Waals surface area contributed by atoms with E-state index < -0.39 is 0 Å². The highest BCUT2D eigenvalue weighted by Gasteiger charge is 2.12. The van der Waals surface area contributed by atoms with Gasteiger partial charge in [0.15, 0.2) is 11.5 Å². The summed E-state index contributed by atoms with van der Waals surface area (Å²) in [5.41, 5.74) is 5.98. The van der Waals surface area contributed by atoms with E-state index in [1.165, 1.54) is 5.56 Å². The van der Waals surface area contributed by atoms with Gasteiger partial charge < -0.3 is 9.47 Å². The Bertz CT molecular complexity index is 1070. The summed E-state index contributed by atoms with van der Waals surface area (Å²) in [5, 5.41) is 4.52. The second-order valence-electron chi connectivity index (χ2n) is 6.52. The maximum atomic E-state index is 12.1. The Morgan fingerprint density at radius 3 is 2.63 bits per heavy atom. The number of ether oxygens (including phenoxy) is 2. The summed E-state index contributed by atoms with van der Waals surface area (Å²) in [6.45, 7) is 2.49. The van der Waals surface area contributed by atoms with Gasteiger partial charge in [0.2, 0.25) is 0 Å². The molecule has 0 aliphatic rings. The van der Waals surface area contributed by atoms with Crippen LogP contribution in [0.4, 0.5) is 0 Å². The van der Waals surface area contributed by atoms with Crippen molar-refractivity contribution < 1.29 is 14.3 Å². The van der Waals surface area contributed by atoms with Gasteiger partial charge in [0.25, 0.3) is 5.91 Å². The van der Waals surface area contributed by atoms with E-state index in [2.05, 4.69) is 45.3 Å². The Labute approximate surface area is 194 Å². The predicted octanol–water partition coefficient (Wildman–Crippen LogP) is 5.60. The van der Waals surface area contributed by atoms with Gasteiger partial charge in [-0.1, -0.05) is 47.5 Å². The molecule has 0 fully saturated rings. The molecule has 3 rings (SSSR count). The minimum Gasteiger partial charge on any atom is -0.493 e. The highest BCUT2D eigenvalue weighted by Crippen LogP contribution is 2.34. The quantitative estimate of drug-likeness (QED) is 0.244. The first-order chi connectivity index (χ1) is 14.5. The zero-order valence-corrected chi connectivity index (χ0v) is 19.4. The smallest absolute Gasteiger partial charge is 0.271 e. The second kappa shape index (κ2) is 10.4. The summed E-state index contributed by atoms with van der Waals surface area (Å²) in [5.74, 6) is 0.920. The molecule has 0 heterocycles. The van der Waals surface area contributed by atoms with Crippen LogP contribution in [0.3, 0.4) is 0 Å². The van der Waals surface area contributed by atoms with E-state index in [-0.39, 0.29) is 5.91 Å². The predicted molar refractivity (Wildman–Crippen MR) is 128 cm³/mol. The summed E-state index contributed by atoms with van der Waals surface area (Å²) in [4.78, 5) is 12.1. The third-order valence-corrected chi connectivity index (χ3v) is 5.26. The summed E-state index contributed by atoms with van der Waals surface area (Å²) in [6.07, 6.45) is 1.55. The Balaban J connectivity index is 1.69. The maximum Gasteiger partial charge on any atom is 0.271 e. The van der Waals surface area contributed by atoms with Crippen molar-refractivity contribution in [1.29, 1.82) is 0 Å². The number of aryl methyl sites for hydroxylation is 1. The van der Waals surface area contributed by atoms with Gasteiger partial charge >= 0.3 is 0 Å². The van der Waals surface area contributed by atoms with Crippen molar-refractivity contribution in [3.05, 3.63) is 91.5 Å². The molecular weight excluding hydrogens is 515 g/mol. The Kier molecular flexibility index (Phi) is 7.70. The molecule has 0 saturated carbocycles. The number of nitrogens with one attached hydrogen (secondary N) is 1.